The van der Waals surface area contributed by atoms with Crippen molar-refractivity contribution >= 4 is 17.3 Å². The third kappa shape index (κ3) is 7.64. The largest absolute Gasteiger partial charge is 0.481 e. The first-order valence-corrected chi connectivity index (χ1v) is 15.3. The molecule has 2 unspecified atom stereocenters. The molecule has 2 atom stereocenters. The molecule has 0 amide bonds. The first-order chi connectivity index (χ1) is 22.3. The molecule has 1 N–H and O–H groups in total. The van der Waals surface area contributed by atoms with Gasteiger partial charge in [0.1, 0.15) is 6.04 Å². The molecule has 2 aromatic carbocycles. The van der Waals surface area contributed by atoms with Gasteiger partial charge in [-0.2, -0.15) is 44.3 Å². The van der Waals surface area contributed by atoms with Crippen LogP contribution < -0.4 is 9.80 Å². The summed E-state index contributed by atoms with van der Waals surface area (Å²) in [6.07, 6.45) is -11.9. The van der Waals surface area contributed by atoms with Gasteiger partial charge < -0.3 is 14.9 Å². The topological polar surface area (TPSA) is 87.4 Å². The summed E-state index contributed by atoms with van der Waals surface area (Å²) in [4.78, 5) is 15.4. The van der Waals surface area contributed by atoms with Gasteiger partial charge in [0.05, 0.1) is 35.1 Å². The fraction of sp³-hybridized carbons (Fsp3) is 0.548. The third-order valence-corrected chi connectivity index (χ3v) is 9.13. The molecule has 17 heteroatoms. The number of carbonyl (C=O) groups is 1. The van der Waals surface area contributed by atoms with Crippen molar-refractivity contribution in [1.82, 2.24) is 20.2 Å². The minimum absolute atomic E-state index is 0.0155. The molecule has 0 bridgehead atoms. The molecule has 1 saturated carbocycles. The van der Waals surface area contributed by atoms with Gasteiger partial charge in [0, 0.05) is 25.6 Å². The number of aliphatic carboxylic acids is 1. The molecule has 262 valence electrons. The molecular formula is C31H33F9N6O2. The summed E-state index contributed by atoms with van der Waals surface area (Å²) < 4.78 is 126. The number of aryl methyl sites for hydroxylation is 1. The number of carboxylic acid groups (broad SMARTS) is 1. The molecule has 0 radical (unpaired) electrons. The second-order valence-corrected chi connectivity index (χ2v) is 12.4. The molecule has 5 rings (SSSR count). The number of carboxylic acids is 1. The molecule has 0 saturated heterocycles. The lowest BCUT2D eigenvalue weighted by molar-refractivity contribution is -0.143. The standard InChI is InChI=1S/C31H33F9N6O2/c1-3-23-16-46(27(28-41-43-44(2)42-28)19-11-21(30(35,36)37)13-22(12-19)31(38,39)40)25-14-20(29(32,33)34)8-9-24(25)45(23)15-18-6-4-17(5-7-18)10-26(47)48/h8-9,11-14,17-18,23,27H,3-7,10,15-16H2,1-2H3,(H,47,48). The smallest absolute Gasteiger partial charge is 0.416 e. The second-order valence-electron chi connectivity index (χ2n) is 12.4. The number of aromatic nitrogens is 4. The van der Waals surface area contributed by atoms with Crippen molar-refractivity contribution in [3.05, 3.63) is 64.5 Å². The van der Waals surface area contributed by atoms with Crippen molar-refractivity contribution in [3.8, 4) is 0 Å². The summed E-state index contributed by atoms with van der Waals surface area (Å²) >= 11 is 0. The quantitative estimate of drug-likeness (QED) is 0.242. The normalized spacial score (nSPS) is 21.3. The Balaban J connectivity index is 1.65. The average molecular weight is 693 g/mol. The summed E-state index contributed by atoms with van der Waals surface area (Å²) in [5.74, 6) is -1.08. The number of anilines is 2. The van der Waals surface area contributed by atoms with Crippen molar-refractivity contribution < 1.29 is 49.4 Å². The van der Waals surface area contributed by atoms with Crippen LogP contribution in [0.25, 0.3) is 0 Å². The average Bonchev–Trinajstić information content (AvgIpc) is 3.42. The van der Waals surface area contributed by atoms with E-state index in [4.69, 9.17) is 0 Å². The van der Waals surface area contributed by atoms with Gasteiger partial charge in [0.2, 0.25) is 5.82 Å². The van der Waals surface area contributed by atoms with E-state index in [0.29, 0.717) is 56.5 Å². The van der Waals surface area contributed by atoms with E-state index in [1.807, 2.05) is 11.8 Å². The zero-order chi connectivity index (χ0) is 35.2. The minimum Gasteiger partial charge on any atom is -0.481 e. The number of rotatable bonds is 8. The van der Waals surface area contributed by atoms with Gasteiger partial charge in [-0.05, 0) is 91.1 Å². The van der Waals surface area contributed by atoms with Gasteiger partial charge in [-0.25, -0.2) is 0 Å². The molecule has 3 aromatic rings. The van der Waals surface area contributed by atoms with E-state index in [1.54, 1.807) is 0 Å². The Morgan fingerprint density at radius 3 is 1.94 bits per heavy atom. The predicted molar refractivity (Wildman–Crippen MR) is 155 cm³/mol. The number of benzene rings is 2. The summed E-state index contributed by atoms with van der Waals surface area (Å²) in [5.41, 5.74) is -4.48. The number of nitrogens with zero attached hydrogens (tertiary/aromatic N) is 6. The number of fused-ring (bicyclic) bond motifs is 1. The maximum atomic E-state index is 14.1. The first-order valence-electron chi connectivity index (χ1n) is 15.3. The molecule has 2 aliphatic rings. The van der Waals surface area contributed by atoms with Crippen LogP contribution in [0.1, 0.15) is 79.6 Å². The molecule has 2 heterocycles. The fourth-order valence-corrected chi connectivity index (χ4v) is 6.79. The van der Waals surface area contributed by atoms with Crippen LogP contribution in [0.5, 0.6) is 0 Å². The van der Waals surface area contributed by atoms with E-state index in [-0.39, 0.29) is 42.4 Å². The highest BCUT2D eigenvalue weighted by molar-refractivity contribution is 5.76. The van der Waals surface area contributed by atoms with Crippen LogP contribution in [-0.2, 0) is 30.4 Å². The zero-order valence-electron chi connectivity index (χ0n) is 25.9. The molecule has 48 heavy (non-hydrogen) atoms. The SMILES string of the molecule is CCC1CN(C(c2cc(C(F)(F)F)cc(C(F)(F)F)c2)c2nnn(C)n2)c2cc(C(F)(F)F)ccc2N1CC1CCC(CC(=O)O)CC1. The zero-order valence-corrected chi connectivity index (χ0v) is 25.9. The minimum atomic E-state index is -5.17. The molecule has 0 spiro atoms. The van der Waals surface area contributed by atoms with Gasteiger partial charge in [-0.1, -0.05) is 6.92 Å². The molecule has 1 aliphatic carbocycles. The monoisotopic (exact) mass is 692 g/mol. The molecular weight excluding hydrogens is 659 g/mol. The highest BCUT2D eigenvalue weighted by atomic mass is 19.4. The lowest BCUT2D eigenvalue weighted by Gasteiger charge is -2.48. The van der Waals surface area contributed by atoms with Crippen LogP contribution in [-0.4, -0.2) is 50.4 Å². The number of tetrazole rings is 1. The maximum absolute atomic E-state index is 14.1. The lowest BCUT2D eigenvalue weighted by atomic mass is 9.80. The Labute approximate surface area is 269 Å². The summed E-state index contributed by atoms with van der Waals surface area (Å²) in [7, 11) is 1.34. The summed E-state index contributed by atoms with van der Waals surface area (Å²) in [6, 6.07) is 2.08. The Morgan fingerprint density at radius 1 is 0.854 bits per heavy atom. The van der Waals surface area contributed by atoms with Gasteiger partial charge >= 0.3 is 24.5 Å². The van der Waals surface area contributed by atoms with E-state index < -0.39 is 58.8 Å². The Morgan fingerprint density at radius 2 is 1.44 bits per heavy atom. The van der Waals surface area contributed by atoms with Gasteiger partial charge in [-0.3, -0.25) is 4.79 Å². The third-order valence-electron chi connectivity index (χ3n) is 9.13. The van der Waals surface area contributed by atoms with E-state index in [1.165, 1.54) is 18.0 Å². The highest BCUT2D eigenvalue weighted by Crippen LogP contribution is 2.47. The van der Waals surface area contributed by atoms with Gasteiger partial charge in [0.15, 0.2) is 0 Å². The Kier molecular flexibility index (Phi) is 9.63. The molecule has 8 nitrogen and oxygen atoms in total. The molecule has 1 aromatic heterocycles. The van der Waals surface area contributed by atoms with Gasteiger partial charge in [-0.15, -0.1) is 10.2 Å². The van der Waals surface area contributed by atoms with Gasteiger partial charge in [0.25, 0.3) is 0 Å². The second kappa shape index (κ2) is 13.1. The van der Waals surface area contributed by atoms with Crippen molar-refractivity contribution in [1.29, 1.82) is 0 Å². The fourth-order valence-electron chi connectivity index (χ4n) is 6.79. The summed E-state index contributed by atoms with van der Waals surface area (Å²) in [5, 5.41) is 20.9. The maximum Gasteiger partial charge on any atom is 0.416 e. The number of hydrogen-bond donors (Lipinski definition) is 1. The van der Waals surface area contributed by atoms with Crippen LogP contribution in [0.2, 0.25) is 0 Å². The number of hydrogen-bond acceptors (Lipinski definition) is 6. The predicted octanol–water partition coefficient (Wildman–Crippen LogP) is 7.74. The van der Waals surface area contributed by atoms with Crippen LogP contribution >= 0.6 is 0 Å². The highest BCUT2D eigenvalue weighted by Gasteiger charge is 2.43. The van der Waals surface area contributed by atoms with E-state index in [2.05, 4.69) is 15.4 Å². The van der Waals surface area contributed by atoms with Crippen molar-refractivity contribution in [2.24, 2.45) is 18.9 Å². The van der Waals surface area contributed by atoms with Crippen LogP contribution in [0, 0.1) is 11.8 Å². The number of alkyl halides is 9. The lowest BCUT2D eigenvalue weighted by Crippen LogP contribution is -2.52. The van der Waals surface area contributed by atoms with Crippen molar-refractivity contribution in [3.63, 3.8) is 0 Å². The number of halogens is 9. The summed E-state index contributed by atoms with van der Waals surface area (Å²) in [6.45, 7) is 2.16. The first kappa shape index (κ1) is 35.3. The van der Waals surface area contributed by atoms with E-state index >= 15 is 0 Å². The van der Waals surface area contributed by atoms with Crippen molar-refractivity contribution in [2.75, 3.05) is 22.9 Å². The van der Waals surface area contributed by atoms with Crippen LogP contribution in [0.15, 0.2) is 36.4 Å². The van der Waals surface area contributed by atoms with E-state index in [9.17, 15) is 49.4 Å². The van der Waals surface area contributed by atoms with E-state index in [0.717, 1.165) is 16.9 Å². The molecule has 1 fully saturated rings. The van der Waals surface area contributed by atoms with Crippen LogP contribution in [0.4, 0.5) is 50.9 Å². The van der Waals surface area contributed by atoms with Crippen LogP contribution in [0.3, 0.4) is 0 Å². The Bertz CT molecular complexity index is 1580. The molecule has 1 aliphatic heterocycles. The van der Waals surface area contributed by atoms with Crippen molar-refractivity contribution in [2.45, 2.75) is 76.1 Å². The Hall–Kier alpha value is -4.05.